The largest absolute Gasteiger partial charge is 0.493 e. The highest BCUT2D eigenvalue weighted by molar-refractivity contribution is 5.75. The zero-order valence-electron chi connectivity index (χ0n) is 14.9. The zero-order chi connectivity index (χ0) is 18.2. The Kier molecular flexibility index (Phi) is 6.04. The lowest BCUT2D eigenvalue weighted by Crippen LogP contribution is -2.23. The van der Waals surface area contributed by atoms with Crippen molar-refractivity contribution in [1.29, 1.82) is 0 Å². The lowest BCUT2D eigenvalue weighted by molar-refractivity contribution is -0.121. The highest BCUT2D eigenvalue weighted by Crippen LogP contribution is 2.16. The summed E-state index contributed by atoms with van der Waals surface area (Å²) in [6, 6.07) is 15.9. The van der Waals surface area contributed by atoms with Crippen LogP contribution >= 0.6 is 0 Å². The van der Waals surface area contributed by atoms with Crippen molar-refractivity contribution in [1.82, 2.24) is 14.9 Å². The molecule has 1 N–H and O–H groups in total. The standard InChI is InChI=1S/C21H23N3O2/c1-17-5-2-3-6-20(17)26-14-4-7-21(25)23-15-18-8-10-19(11-9-18)24-13-12-22-16-24/h2-3,5-6,8-13,16H,4,7,14-15H2,1H3,(H,23,25). The van der Waals surface area contributed by atoms with E-state index in [0.717, 1.165) is 22.6 Å². The van der Waals surface area contributed by atoms with Crippen molar-refractivity contribution in [3.05, 3.63) is 78.4 Å². The van der Waals surface area contributed by atoms with Gasteiger partial charge >= 0.3 is 0 Å². The number of amides is 1. The molecule has 26 heavy (non-hydrogen) atoms. The molecule has 0 atom stereocenters. The Hall–Kier alpha value is -3.08. The van der Waals surface area contributed by atoms with Crippen molar-refractivity contribution in [3.63, 3.8) is 0 Å². The zero-order valence-corrected chi connectivity index (χ0v) is 14.9. The van der Waals surface area contributed by atoms with Crippen LogP contribution in [0.5, 0.6) is 5.75 Å². The van der Waals surface area contributed by atoms with Gasteiger partial charge in [-0.1, -0.05) is 30.3 Å². The monoisotopic (exact) mass is 349 g/mol. The highest BCUT2D eigenvalue weighted by atomic mass is 16.5. The Morgan fingerprint density at radius 1 is 1.15 bits per heavy atom. The van der Waals surface area contributed by atoms with Gasteiger partial charge in [0.05, 0.1) is 12.9 Å². The minimum atomic E-state index is 0.0390. The van der Waals surface area contributed by atoms with E-state index in [-0.39, 0.29) is 5.91 Å². The number of hydrogen-bond acceptors (Lipinski definition) is 3. The number of carbonyl (C=O) groups is 1. The van der Waals surface area contributed by atoms with Gasteiger partial charge in [0.25, 0.3) is 0 Å². The second kappa shape index (κ2) is 8.85. The molecule has 0 saturated heterocycles. The van der Waals surface area contributed by atoms with Crippen molar-refractivity contribution < 1.29 is 9.53 Å². The van der Waals surface area contributed by atoms with E-state index >= 15 is 0 Å². The number of ether oxygens (including phenoxy) is 1. The number of nitrogens with one attached hydrogen (secondary N) is 1. The average molecular weight is 349 g/mol. The van der Waals surface area contributed by atoms with Gasteiger partial charge < -0.3 is 14.6 Å². The van der Waals surface area contributed by atoms with Crippen LogP contribution in [-0.2, 0) is 11.3 Å². The van der Waals surface area contributed by atoms with Crippen molar-refractivity contribution >= 4 is 5.91 Å². The minimum Gasteiger partial charge on any atom is -0.493 e. The van der Waals surface area contributed by atoms with Crippen LogP contribution in [-0.4, -0.2) is 22.1 Å². The third-order valence-electron chi connectivity index (χ3n) is 4.13. The number of nitrogens with zero attached hydrogens (tertiary/aromatic N) is 2. The maximum atomic E-state index is 12.0. The van der Waals surface area contributed by atoms with Gasteiger partial charge in [-0.25, -0.2) is 4.98 Å². The molecule has 2 aromatic carbocycles. The summed E-state index contributed by atoms with van der Waals surface area (Å²) in [5.74, 6) is 0.919. The Balaban J connectivity index is 1.37. The number of para-hydroxylation sites is 1. The number of benzene rings is 2. The first-order valence-corrected chi connectivity index (χ1v) is 8.75. The van der Waals surface area contributed by atoms with Crippen molar-refractivity contribution in [3.8, 4) is 11.4 Å². The van der Waals surface area contributed by atoms with Crippen LogP contribution < -0.4 is 10.1 Å². The van der Waals surface area contributed by atoms with Crippen LogP contribution in [0, 0.1) is 6.92 Å². The molecular weight excluding hydrogens is 326 g/mol. The first-order chi connectivity index (χ1) is 12.7. The first-order valence-electron chi connectivity index (χ1n) is 8.75. The molecule has 3 rings (SSSR count). The fraction of sp³-hybridized carbons (Fsp3) is 0.238. The molecule has 5 heteroatoms. The summed E-state index contributed by atoms with van der Waals surface area (Å²) in [5, 5.41) is 2.95. The number of aryl methyl sites for hydroxylation is 1. The Morgan fingerprint density at radius 2 is 1.96 bits per heavy atom. The van der Waals surface area contributed by atoms with E-state index in [4.69, 9.17) is 4.74 Å². The summed E-state index contributed by atoms with van der Waals surface area (Å²) in [4.78, 5) is 16.0. The molecular formula is C21H23N3O2. The van der Waals surface area contributed by atoms with Crippen molar-refractivity contribution in [2.45, 2.75) is 26.3 Å². The van der Waals surface area contributed by atoms with Gasteiger partial charge in [0.2, 0.25) is 5.91 Å². The number of carbonyl (C=O) groups excluding carboxylic acids is 1. The van der Waals surface area contributed by atoms with Gasteiger partial charge in [-0.15, -0.1) is 0 Å². The highest BCUT2D eigenvalue weighted by Gasteiger charge is 2.03. The second-order valence-corrected chi connectivity index (χ2v) is 6.13. The van der Waals surface area contributed by atoms with E-state index in [2.05, 4.69) is 10.3 Å². The fourth-order valence-electron chi connectivity index (χ4n) is 2.62. The summed E-state index contributed by atoms with van der Waals surface area (Å²) in [5.41, 5.74) is 3.22. The molecule has 0 spiro atoms. The number of imidazole rings is 1. The molecule has 0 aliphatic rings. The predicted octanol–water partition coefficient (Wildman–Crippen LogP) is 3.66. The number of rotatable bonds is 8. The van der Waals surface area contributed by atoms with Crippen LogP contribution in [0.3, 0.4) is 0 Å². The van der Waals surface area contributed by atoms with Gasteiger partial charge in [0.15, 0.2) is 0 Å². The topological polar surface area (TPSA) is 56.1 Å². The molecule has 0 aliphatic heterocycles. The van der Waals surface area contributed by atoms with Gasteiger partial charge in [-0.2, -0.15) is 0 Å². The third kappa shape index (κ3) is 4.96. The molecule has 1 aromatic heterocycles. The van der Waals surface area contributed by atoms with E-state index in [9.17, 15) is 4.79 Å². The maximum absolute atomic E-state index is 12.0. The fourth-order valence-corrected chi connectivity index (χ4v) is 2.62. The molecule has 0 bridgehead atoms. The minimum absolute atomic E-state index is 0.0390. The van der Waals surface area contributed by atoms with E-state index in [0.29, 0.717) is 26.0 Å². The molecule has 0 unspecified atom stereocenters. The molecule has 0 aliphatic carbocycles. The normalized spacial score (nSPS) is 10.5. The third-order valence-corrected chi connectivity index (χ3v) is 4.13. The predicted molar refractivity (Wildman–Crippen MR) is 101 cm³/mol. The van der Waals surface area contributed by atoms with Crippen molar-refractivity contribution in [2.24, 2.45) is 0 Å². The summed E-state index contributed by atoms with van der Waals surface area (Å²) in [6.45, 7) is 3.08. The lowest BCUT2D eigenvalue weighted by Gasteiger charge is -2.09. The summed E-state index contributed by atoms with van der Waals surface area (Å²) < 4.78 is 7.65. The number of hydrogen-bond donors (Lipinski definition) is 1. The SMILES string of the molecule is Cc1ccccc1OCCCC(=O)NCc1ccc(-n2ccnc2)cc1. The van der Waals surface area contributed by atoms with E-state index in [1.165, 1.54) is 0 Å². The molecule has 0 fully saturated rings. The van der Waals surface area contributed by atoms with E-state index in [1.807, 2.05) is 66.2 Å². The Morgan fingerprint density at radius 3 is 2.69 bits per heavy atom. The number of aromatic nitrogens is 2. The van der Waals surface area contributed by atoms with Gasteiger partial charge in [0.1, 0.15) is 5.75 Å². The first kappa shape index (κ1) is 17.7. The molecule has 3 aromatic rings. The second-order valence-electron chi connectivity index (χ2n) is 6.13. The summed E-state index contributed by atoms with van der Waals surface area (Å²) in [7, 11) is 0. The maximum Gasteiger partial charge on any atom is 0.220 e. The molecule has 1 heterocycles. The van der Waals surface area contributed by atoms with E-state index in [1.54, 1.807) is 12.5 Å². The Bertz CT molecular complexity index is 827. The lowest BCUT2D eigenvalue weighted by atomic mass is 10.2. The van der Waals surface area contributed by atoms with Crippen LogP contribution in [0.1, 0.15) is 24.0 Å². The molecule has 1 amide bonds. The van der Waals surface area contributed by atoms with Crippen LogP contribution in [0.25, 0.3) is 5.69 Å². The van der Waals surface area contributed by atoms with Gasteiger partial charge in [-0.05, 0) is 42.7 Å². The van der Waals surface area contributed by atoms with Gasteiger partial charge in [0, 0.05) is 31.0 Å². The smallest absolute Gasteiger partial charge is 0.220 e. The molecule has 5 nitrogen and oxygen atoms in total. The summed E-state index contributed by atoms with van der Waals surface area (Å²) >= 11 is 0. The molecule has 134 valence electrons. The van der Waals surface area contributed by atoms with Crippen LogP contribution in [0.2, 0.25) is 0 Å². The summed E-state index contributed by atoms with van der Waals surface area (Å²) in [6.07, 6.45) is 6.56. The van der Waals surface area contributed by atoms with Crippen molar-refractivity contribution in [2.75, 3.05) is 6.61 Å². The quantitative estimate of drug-likeness (QED) is 0.632. The average Bonchev–Trinajstić information content (AvgIpc) is 3.20. The van der Waals surface area contributed by atoms with E-state index < -0.39 is 0 Å². The van der Waals surface area contributed by atoms with Gasteiger partial charge in [-0.3, -0.25) is 4.79 Å². The van der Waals surface area contributed by atoms with Crippen LogP contribution in [0.15, 0.2) is 67.3 Å². The molecule has 0 saturated carbocycles. The molecule has 0 radical (unpaired) electrons. The van der Waals surface area contributed by atoms with Crippen LogP contribution in [0.4, 0.5) is 0 Å². The Labute approximate surface area is 153 Å².